The lowest BCUT2D eigenvalue weighted by Gasteiger charge is -2.41. The van der Waals surface area contributed by atoms with Crippen LogP contribution in [-0.4, -0.2) is 61.9 Å². The molecule has 0 bridgehead atoms. The van der Waals surface area contributed by atoms with Gasteiger partial charge in [-0.2, -0.15) is 0 Å². The Hall–Kier alpha value is -0.290. The summed E-state index contributed by atoms with van der Waals surface area (Å²) in [6.45, 7) is 9.69. The van der Waals surface area contributed by atoms with Gasteiger partial charge in [0.05, 0.1) is 46.4 Å². The number of ether oxygens (including phenoxy) is 1. The molecular weight excluding hydrogens is 380 g/mol. The summed E-state index contributed by atoms with van der Waals surface area (Å²) in [7, 11) is 2.34. The number of unbranched alkanes of at least 4 members (excludes halogenated alkanes) is 9. The van der Waals surface area contributed by atoms with Crippen molar-refractivity contribution in [3.8, 4) is 0 Å². The largest absolute Gasteiger partial charge is 1.00 e. The van der Waals surface area contributed by atoms with Crippen LogP contribution >= 0.6 is 0 Å². The predicted octanol–water partition coefficient (Wildman–Crippen LogP) is 1.83. The first kappa shape index (κ1) is 24.7. The molecule has 0 atom stereocenters. The maximum absolute atomic E-state index is 11.7. The number of carbonyl (C=O) groups excluding carboxylic acids is 1. The van der Waals surface area contributed by atoms with Crippen molar-refractivity contribution in [2.45, 2.75) is 78.1 Å². The molecular formula is C20H41BrN2O2. The van der Waals surface area contributed by atoms with Crippen molar-refractivity contribution >= 4 is 6.09 Å². The molecule has 1 rings (SSSR count). The SMILES string of the molecule is CCCCCCCCCCCC[N+]1(C)CCN(C(=O)OCC)CC1.[Br-]. The lowest BCUT2D eigenvalue weighted by Crippen LogP contribution is -3.00. The summed E-state index contributed by atoms with van der Waals surface area (Å²) in [5, 5.41) is 0. The summed E-state index contributed by atoms with van der Waals surface area (Å²) in [6.07, 6.45) is 13.8. The molecule has 25 heavy (non-hydrogen) atoms. The van der Waals surface area contributed by atoms with Crippen molar-refractivity contribution in [3.63, 3.8) is 0 Å². The number of piperazine rings is 1. The van der Waals surface area contributed by atoms with Gasteiger partial charge in [-0.25, -0.2) is 4.79 Å². The second-order valence-corrected chi connectivity index (χ2v) is 7.66. The number of carbonyl (C=O) groups is 1. The van der Waals surface area contributed by atoms with Crippen molar-refractivity contribution < 1.29 is 31.0 Å². The molecule has 5 heteroatoms. The Balaban J connectivity index is 0.00000576. The molecule has 0 aromatic heterocycles. The average molecular weight is 421 g/mol. The quantitative estimate of drug-likeness (QED) is 0.356. The van der Waals surface area contributed by atoms with Crippen LogP contribution in [0.2, 0.25) is 0 Å². The number of likely N-dealkylation sites (N-methyl/N-ethyl adjacent to an activating group) is 1. The van der Waals surface area contributed by atoms with Crippen LogP contribution in [0.1, 0.15) is 78.1 Å². The van der Waals surface area contributed by atoms with Gasteiger partial charge in [0, 0.05) is 0 Å². The van der Waals surface area contributed by atoms with Gasteiger partial charge in [0.25, 0.3) is 0 Å². The number of nitrogens with zero attached hydrogens (tertiary/aromatic N) is 2. The number of quaternary nitrogens is 1. The van der Waals surface area contributed by atoms with Crippen molar-refractivity contribution in [2.75, 3.05) is 46.4 Å². The third kappa shape index (κ3) is 11.1. The molecule has 0 aromatic carbocycles. The van der Waals surface area contributed by atoms with Crippen LogP contribution in [0.3, 0.4) is 0 Å². The van der Waals surface area contributed by atoms with E-state index in [0.29, 0.717) is 6.61 Å². The van der Waals surface area contributed by atoms with Crippen molar-refractivity contribution in [2.24, 2.45) is 0 Å². The number of halogens is 1. The van der Waals surface area contributed by atoms with Gasteiger partial charge in [-0.15, -0.1) is 0 Å². The van der Waals surface area contributed by atoms with E-state index in [0.717, 1.165) is 30.7 Å². The Bertz CT molecular complexity index is 332. The first-order chi connectivity index (χ1) is 11.6. The Morgan fingerprint density at radius 1 is 0.880 bits per heavy atom. The molecule has 1 aliphatic rings. The molecule has 0 aliphatic carbocycles. The fourth-order valence-electron chi connectivity index (χ4n) is 3.55. The Kier molecular flexibility index (Phi) is 14.7. The standard InChI is InChI=1S/C20H41N2O2.BrH/c1-4-6-7-8-9-10-11-12-13-14-17-22(3)18-15-21(16-19-22)20(23)24-5-2;/h4-19H2,1-3H3;1H/q+1;/p-1. The normalized spacial score (nSPS) is 16.4. The van der Waals surface area contributed by atoms with E-state index >= 15 is 0 Å². The Labute approximate surface area is 166 Å². The van der Waals surface area contributed by atoms with E-state index in [1.165, 1.54) is 70.8 Å². The maximum Gasteiger partial charge on any atom is 0.410 e. The van der Waals surface area contributed by atoms with E-state index < -0.39 is 0 Å². The second-order valence-electron chi connectivity index (χ2n) is 7.66. The zero-order chi connectivity index (χ0) is 17.7. The van der Waals surface area contributed by atoms with Gasteiger partial charge < -0.3 is 26.2 Å². The average Bonchev–Trinajstić information content (AvgIpc) is 2.57. The fourth-order valence-corrected chi connectivity index (χ4v) is 3.55. The summed E-state index contributed by atoms with van der Waals surface area (Å²) < 4.78 is 6.21. The lowest BCUT2D eigenvalue weighted by atomic mass is 10.1. The minimum atomic E-state index is -0.136. The van der Waals surface area contributed by atoms with E-state index in [4.69, 9.17) is 4.74 Å². The van der Waals surface area contributed by atoms with Gasteiger partial charge >= 0.3 is 6.09 Å². The topological polar surface area (TPSA) is 29.5 Å². The van der Waals surface area contributed by atoms with Gasteiger partial charge in [0.2, 0.25) is 0 Å². The van der Waals surface area contributed by atoms with Gasteiger partial charge in [-0.1, -0.05) is 58.3 Å². The highest BCUT2D eigenvalue weighted by Gasteiger charge is 2.30. The second kappa shape index (κ2) is 14.8. The first-order valence-corrected chi connectivity index (χ1v) is 10.4. The van der Waals surface area contributed by atoms with Crippen LogP contribution in [0.25, 0.3) is 0 Å². The fraction of sp³-hybridized carbons (Fsp3) is 0.950. The summed E-state index contributed by atoms with van der Waals surface area (Å²) >= 11 is 0. The summed E-state index contributed by atoms with van der Waals surface area (Å²) in [4.78, 5) is 13.6. The molecule has 0 saturated carbocycles. The van der Waals surface area contributed by atoms with Gasteiger partial charge in [-0.3, -0.25) is 4.90 Å². The molecule has 1 amide bonds. The van der Waals surface area contributed by atoms with Crippen LogP contribution in [0.5, 0.6) is 0 Å². The summed E-state index contributed by atoms with van der Waals surface area (Å²) in [5.74, 6) is 0. The third-order valence-electron chi connectivity index (χ3n) is 5.40. The smallest absolute Gasteiger partial charge is 0.410 e. The monoisotopic (exact) mass is 420 g/mol. The van der Waals surface area contributed by atoms with Crippen LogP contribution in [0.4, 0.5) is 4.79 Å². The summed E-state index contributed by atoms with van der Waals surface area (Å²) in [5.41, 5.74) is 0. The Morgan fingerprint density at radius 3 is 1.84 bits per heavy atom. The first-order valence-electron chi connectivity index (χ1n) is 10.4. The molecule has 0 radical (unpaired) electrons. The zero-order valence-electron chi connectivity index (χ0n) is 16.9. The van der Waals surface area contributed by atoms with E-state index in [1.807, 2.05) is 11.8 Å². The number of hydrogen-bond donors (Lipinski definition) is 0. The minimum Gasteiger partial charge on any atom is -1.00 e. The van der Waals surface area contributed by atoms with Gasteiger partial charge in [-0.05, 0) is 19.8 Å². The highest BCUT2D eigenvalue weighted by molar-refractivity contribution is 5.67. The van der Waals surface area contributed by atoms with Crippen LogP contribution in [-0.2, 0) is 4.74 Å². The lowest BCUT2D eigenvalue weighted by molar-refractivity contribution is -0.913. The van der Waals surface area contributed by atoms with Crippen molar-refractivity contribution in [3.05, 3.63) is 0 Å². The minimum absolute atomic E-state index is 0. The number of amides is 1. The van der Waals surface area contributed by atoms with E-state index in [2.05, 4.69) is 14.0 Å². The van der Waals surface area contributed by atoms with E-state index in [-0.39, 0.29) is 23.1 Å². The molecule has 1 fully saturated rings. The maximum atomic E-state index is 11.7. The van der Waals surface area contributed by atoms with Gasteiger partial charge in [0.1, 0.15) is 0 Å². The number of hydrogen-bond acceptors (Lipinski definition) is 2. The molecule has 0 N–H and O–H groups in total. The van der Waals surface area contributed by atoms with Crippen molar-refractivity contribution in [1.29, 1.82) is 0 Å². The highest BCUT2D eigenvalue weighted by Crippen LogP contribution is 2.15. The molecule has 1 saturated heterocycles. The third-order valence-corrected chi connectivity index (χ3v) is 5.40. The Morgan fingerprint density at radius 2 is 1.36 bits per heavy atom. The van der Waals surface area contributed by atoms with Crippen LogP contribution in [0.15, 0.2) is 0 Å². The van der Waals surface area contributed by atoms with Gasteiger partial charge in [0.15, 0.2) is 0 Å². The molecule has 4 nitrogen and oxygen atoms in total. The molecule has 1 aliphatic heterocycles. The van der Waals surface area contributed by atoms with Crippen molar-refractivity contribution in [1.82, 2.24) is 4.90 Å². The molecule has 150 valence electrons. The van der Waals surface area contributed by atoms with Crippen LogP contribution < -0.4 is 17.0 Å². The molecule has 0 aromatic rings. The van der Waals surface area contributed by atoms with Crippen LogP contribution in [0, 0.1) is 0 Å². The molecule has 1 heterocycles. The highest BCUT2D eigenvalue weighted by atomic mass is 79.9. The molecule has 0 spiro atoms. The summed E-state index contributed by atoms with van der Waals surface area (Å²) in [6, 6.07) is 0. The predicted molar refractivity (Wildman–Crippen MR) is 101 cm³/mol. The zero-order valence-corrected chi connectivity index (χ0v) is 18.5. The van der Waals surface area contributed by atoms with E-state index in [1.54, 1.807) is 0 Å². The number of rotatable bonds is 12. The molecule has 0 unspecified atom stereocenters. The van der Waals surface area contributed by atoms with E-state index in [9.17, 15) is 4.79 Å².